The lowest BCUT2D eigenvalue weighted by Gasteiger charge is -2.30. The molecule has 0 saturated carbocycles. The van der Waals surface area contributed by atoms with Crippen LogP contribution in [0.1, 0.15) is 41.0 Å². The fraction of sp³-hybridized carbons (Fsp3) is 0.778. The Kier molecular flexibility index (Phi) is 12.7. The minimum atomic E-state index is -0.523. The van der Waals surface area contributed by atoms with Gasteiger partial charge in [0.25, 0.3) is 0 Å². The van der Waals surface area contributed by atoms with Crippen molar-refractivity contribution >= 4 is 0 Å². The summed E-state index contributed by atoms with van der Waals surface area (Å²) in [6.45, 7) is 16.7. The fourth-order valence-corrected chi connectivity index (χ4v) is 2.01. The molecule has 132 valence electrons. The average Bonchev–Trinajstić information content (AvgIpc) is 2.44. The number of aliphatic hydroxyl groups is 4. The Morgan fingerprint density at radius 2 is 1.50 bits per heavy atom. The molecule has 4 heteroatoms. The molecular weight excluding hydrogens is 280 g/mol. The Morgan fingerprint density at radius 1 is 1.00 bits per heavy atom. The highest BCUT2D eigenvalue weighted by Gasteiger charge is 2.27. The molecule has 4 N–H and O–H groups in total. The lowest BCUT2D eigenvalue weighted by Crippen LogP contribution is -2.34. The summed E-state index contributed by atoms with van der Waals surface area (Å²) in [5, 5.41) is 36.6. The smallest absolute Gasteiger partial charge is 0.0672 e. The highest BCUT2D eigenvalue weighted by molar-refractivity contribution is 4.89. The number of allylic oxidation sites excluding steroid dienone is 1. The van der Waals surface area contributed by atoms with Gasteiger partial charge in [0.2, 0.25) is 0 Å². The highest BCUT2D eigenvalue weighted by atomic mass is 16.3. The number of hydrogen-bond acceptors (Lipinski definition) is 4. The Morgan fingerprint density at radius 3 is 1.68 bits per heavy atom. The van der Waals surface area contributed by atoms with E-state index in [1.807, 2.05) is 27.7 Å². The molecule has 5 atom stereocenters. The minimum absolute atomic E-state index is 0.0397. The second kappa shape index (κ2) is 11.8. The van der Waals surface area contributed by atoms with Crippen molar-refractivity contribution < 1.29 is 20.4 Å². The van der Waals surface area contributed by atoms with E-state index in [-0.39, 0.29) is 42.5 Å². The molecule has 0 aromatic rings. The lowest BCUT2D eigenvalue weighted by atomic mass is 9.82. The summed E-state index contributed by atoms with van der Waals surface area (Å²) in [7, 11) is 0. The van der Waals surface area contributed by atoms with Gasteiger partial charge in [0.15, 0.2) is 0 Å². The summed E-state index contributed by atoms with van der Waals surface area (Å²) < 4.78 is 0. The average molecular weight is 316 g/mol. The topological polar surface area (TPSA) is 80.9 Å². The van der Waals surface area contributed by atoms with Crippen molar-refractivity contribution in [2.45, 2.75) is 53.2 Å². The molecule has 0 aliphatic rings. The first-order valence-electron chi connectivity index (χ1n) is 7.88. The van der Waals surface area contributed by atoms with Gasteiger partial charge in [-0.25, -0.2) is 0 Å². The Labute approximate surface area is 136 Å². The van der Waals surface area contributed by atoms with Crippen LogP contribution in [-0.4, -0.2) is 45.8 Å². The van der Waals surface area contributed by atoms with E-state index in [0.717, 1.165) is 6.42 Å². The molecule has 0 bridgehead atoms. The maximum absolute atomic E-state index is 9.61. The minimum Gasteiger partial charge on any atom is -0.396 e. The largest absolute Gasteiger partial charge is 0.396 e. The van der Waals surface area contributed by atoms with Crippen LogP contribution < -0.4 is 0 Å². The Balaban J connectivity index is 0. The van der Waals surface area contributed by atoms with E-state index in [4.69, 9.17) is 10.2 Å². The van der Waals surface area contributed by atoms with Crippen LogP contribution >= 0.6 is 0 Å². The van der Waals surface area contributed by atoms with E-state index in [1.165, 1.54) is 0 Å². The fourth-order valence-electron chi connectivity index (χ4n) is 2.01. The second-order valence-corrected chi connectivity index (χ2v) is 6.96. The van der Waals surface area contributed by atoms with Crippen LogP contribution in [0.25, 0.3) is 0 Å². The summed E-state index contributed by atoms with van der Waals surface area (Å²) in [4.78, 5) is 0. The summed E-state index contributed by atoms with van der Waals surface area (Å²) in [6, 6.07) is 0. The van der Waals surface area contributed by atoms with Gasteiger partial charge in [0.05, 0.1) is 18.8 Å². The van der Waals surface area contributed by atoms with E-state index in [1.54, 1.807) is 19.1 Å². The van der Waals surface area contributed by atoms with Crippen LogP contribution in [-0.2, 0) is 0 Å². The predicted molar refractivity (Wildman–Crippen MR) is 92.5 cm³/mol. The normalized spacial score (nSPS) is 18.2. The highest BCUT2D eigenvalue weighted by Crippen LogP contribution is 2.25. The molecule has 0 aliphatic carbocycles. The molecule has 0 spiro atoms. The molecule has 22 heavy (non-hydrogen) atoms. The van der Waals surface area contributed by atoms with Gasteiger partial charge in [-0.1, -0.05) is 39.8 Å². The van der Waals surface area contributed by atoms with Crippen molar-refractivity contribution in [1.29, 1.82) is 0 Å². The molecule has 0 aromatic heterocycles. The van der Waals surface area contributed by atoms with Gasteiger partial charge in [-0.05, 0) is 30.6 Å². The van der Waals surface area contributed by atoms with Gasteiger partial charge in [-0.15, -0.1) is 13.2 Å². The third-order valence-electron chi connectivity index (χ3n) is 4.01. The van der Waals surface area contributed by atoms with Crippen molar-refractivity contribution in [1.82, 2.24) is 0 Å². The quantitative estimate of drug-likeness (QED) is 0.518. The maximum Gasteiger partial charge on any atom is 0.0672 e. The second-order valence-electron chi connectivity index (χ2n) is 6.96. The third-order valence-corrected chi connectivity index (χ3v) is 4.01. The van der Waals surface area contributed by atoms with Crippen LogP contribution in [0.3, 0.4) is 0 Å². The van der Waals surface area contributed by atoms with Gasteiger partial charge in [0.1, 0.15) is 0 Å². The van der Waals surface area contributed by atoms with E-state index >= 15 is 0 Å². The van der Waals surface area contributed by atoms with Crippen LogP contribution in [0.5, 0.6) is 0 Å². The SMILES string of the molecule is C=CC(CO)C(O)C(C)(C)C.C=CCC(CO)C(C)C(C)O. The number of rotatable bonds is 8. The molecule has 4 nitrogen and oxygen atoms in total. The van der Waals surface area contributed by atoms with Crippen molar-refractivity contribution in [2.24, 2.45) is 23.2 Å². The van der Waals surface area contributed by atoms with Gasteiger partial charge in [0, 0.05) is 12.5 Å². The first-order valence-corrected chi connectivity index (χ1v) is 7.88. The monoisotopic (exact) mass is 316 g/mol. The van der Waals surface area contributed by atoms with E-state index in [2.05, 4.69) is 13.2 Å². The number of hydrogen-bond donors (Lipinski definition) is 4. The molecule has 0 heterocycles. The van der Waals surface area contributed by atoms with Crippen molar-refractivity contribution in [3.05, 3.63) is 25.3 Å². The molecule has 0 amide bonds. The maximum atomic E-state index is 9.61. The first-order chi connectivity index (χ1) is 10.1. The van der Waals surface area contributed by atoms with Crippen LogP contribution in [0.4, 0.5) is 0 Å². The molecule has 0 saturated heterocycles. The number of aliphatic hydroxyl groups excluding tert-OH is 4. The summed E-state index contributed by atoms with van der Waals surface area (Å²) in [5.41, 5.74) is -0.193. The summed E-state index contributed by atoms with van der Waals surface area (Å²) >= 11 is 0. The van der Waals surface area contributed by atoms with Gasteiger partial charge in [-0.2, -0.15) is 0 Å². The molecular formula is C18H36O4. The summed E-state index contributed by atoms with van der Waals surface area (Å²) in [5.74, 6) is 0.0699. The van der Waals surface area contributed by atoms with Crippen LogP contribution in [0.15, 0.2) is 25.3 Å². The Bertz CT molecular complexity index is 294. The standard InChI is InChI=1S/2C9H18O2/c1-5-7(6-10)8(11)9(2,3)4;1-4-5-9(6-10)7(2)8(3)11/h5,7-8,10-11H,1,6H2,2-4H3;4,7-11H,1,5-6H2,2-3H3. The zero-order valence-corrected chi connectivity index (χ0v) is 14.9. The predicted octanol–water partition coefficient (Wildman–Crippen LogP) is 2.38. The van der Waals surface area contributed by atoms with Gasteiger partial charge >= 0.3 is 0 Å². The Hall–Kier alpha value is -0.680. The lowest BCUT2D eigenvalue weighted by molar-refractivity contribution is 0.00869. The molecule has 0 aliphatic heterocycles. The van der Waals surface area contributed by atoms with Crippen molar-refractivity contribution in [2.75, 3.05) is 13.2 Å². The van der Waals surface area contributed by atoms with Gasteiger partial charge < -0.3 is 20.4 Å². The van der Waals surface area contributed by atoms with Crippen LogP contribution in [0.2, 0.25) is 0 Å². The zero-order chi connectivity index (χ0) is 17.9. The summed E-state index contributed by atoms with van der Waals surface area (Å²) in [6.07, 6.45) is 3.26. The van der Waals surface area contributed by atoms with Gasteiger partial charge in [-0.3, -0.25) is 0 Å². The molecule has 0 rings (SSSR count). The van der Waals surface area contributed by atoms with E-state index in [0.29, 0.717) is 0 Å². The first kappa shape index (κ1) is 23.6. The van der Waals surface area contributed by atoms with Crippen LogP contribution in [0, 0.1) is 23.2 Å². The molecule has 5 unspecified atom stereocenters. The van der Waals surface area contributed by atoms with Crippen molar-refractivity contribution in [3.63, 3.8) is 0 Å². The molecule has 0 aromatic carbocycles. The molecule has 0 fully saturated rings. The van der Waals surface area contributed by atoms with E-state index < -0.39 is 6.10 Å². The van der Waals surface area contributed by atoms with E-state index in [9.17, 15) is 10.2 Å². The zero-order valence-electron chi connectivity index (χ0n) is 14.9. The molecule has 0 radical (unpaired) electrons. The third kappa shape index (κ3) is 9.36. The van der Waals surface area contributed by atoms with Crippen molar-refractivity contribution in [3.8, 4) is 0 Å².